The molecule has 2 heteroatoms. The van der Waals surface area contributed by atoms with Gasteiger partial charge >= 0.3 is 0 Å². The molecular formula is C7H9KN. The summed E-state index contributed by atoms with van der Waals surface area (Å²) < 4.78 is 0. The van der Waals surface area contributed by atoms with Crippen molar-refractivity contribution in [2.45, 2.75) is 0 Å². The van der Waals surface area contributed by atoms with Crippen LogP contribution in [0.25, 0.3) is 0 Å². The van der Waals surface area contributed by atoms with Gasteiger partial charge in [0.25, 0.3) is 0 Å². The third kappa shape index (κ3) is 3.38. The zero-order valence-corrected chi connectivity index (χ0v) is 9.01. The molecule has 0 saturated carbocycles. The maximum atomic E-state index is 3.03. The Kier molecular flexibility index (Phi) is 5.84. The van der Waals surface area contributed by atoms with Gasteiger partial charge in [0.1, 0.15) is 0 Å². The fourth-order valence-electron chi connectivity index (χ4n) is 0.605. The van der Waals surface area contributed by atoms with Gasteiger partial charge in [-0.15, -0.1) is 0 Å². The predicted molar refractivity (Wildman–Crippen MR) is 41.7 cm³/mol. The van der Waals surface area contributed by atoms with Crippen molar-refractivity contribution in [3.8, 4) is 0 Å². The molecular weight excluding hydrogens is 137 g/mol. The molecule has 1 radical (unpaired) electrons. The third-order valence-electron chi connectivity index (χ3n) is 1.06. The smallest absolute Gasteiger partial charge is 0.0337 e. The van der Waals surface area contributed by atoms with Gasteiger partial charge in [-0.25, -0.2) is 0 Å². The molecule has 0 unspecified atom stereocenters. The van der Waals surface area contributed by atoms with Crippen LogP contribution in [0.15, 0.2) is 30.3 Å². The summed E-state index contributed by atoms with van der Waals surface area (Å²) in [6.07, 6.45) is 0. The van der Waals surface area contributed by atoms with E-state index in [2.05, 4.69) is 5.32 Å². The first-order valence-corrected chi connectivity index (χ1v) is 2.66. The molecule has 0 aliphatic heterocycles. The molecule has 0 aliphatic rings. The van der Waals surface area contributed by atoms with Gasteiger partial charge in [-0.05, 0) is 12.1 Å². The van der Waals surface area contributed by atoms with E-state index in [1.807, 2.05) is 37.4 Å². The molecule has 0 amide bonds. The van der Waals surface area contributed by atoms with E-state index in [1.165, 1.54) is 0 Å². The number of anilines is 1. The second-order valence-corrected chi connectivity index (χ2v) is 1.62. The Bertz CT molecular complexity index is 150. The number of nitrogens with one attached hydrogen (secondary N) is 1. The Balaban J connectivity index is 0.000000640. The molecule has 0 aromatic heterocycles. The van der Waals surface area contributed by atoms with Crippen LogP contribution in [0, 0.1) is 0 Å². The topological polar surface area (TPSA) is 12.0 Å². The van der Waals surface area contributed by atoms with E-state index in [-0.39, 0.29) is 51.4 Å². The van der Waals surface area contributed by atoms with Crippen molar-refractivity contribution in [3.05, 3.63) is 30.3 Å². The molecule has 0 bridgehead atoms. The van der Waals surface area contributed by atoms with Crippen LogP contribution >= 0.6 is 0 Å². The van der Waals surface area contributed by atoms with Crippen molar-refractivity contribution in [1.29, 1.82) is 0 Å². The minimum absolute atomic E-state index is 0. The molecule has 0 fully saturated rings. The van der Waals surface area contributed by atoms with Gasteiger partial charge in [0.05, 0.1) is 0 Å². The number of hydrogen-bond acceptors (Lipinski definition) is 1. The molecule has 0 saturated heterocycles. The quantitative estimate of drug-likeness (QED) is 0.590. The summed E-state index contributed by atoms with van der Waals surface area (Å²) >= 11 is 0. The molecule has 1 rings (SSSR count). The third-order valence-corrected chi connectivity index (χ3v) is 1.06. The first kappa shape index (κ1) is 9.66. The van der Waals surface area contributed by atoms with E-state index in [4.69, 9.17) is 0 Å². The zero-order chi connectivity index (χ0) is 5.82. The van der Waals surface area contributed by atoms with Crippen molar-refractivity contribution < 1.29 is 0 Å². The van der Waals surface area contributed by atoms with Crippen LogP contribution in [0.2, 0.25) is 0 Å². The van der Waals surface area contributed by atoms with Gasteiger partial charge in [0.2, 0.25) is 0 Å². The van der Waals surface area contributed by atoms with E-state index in [0.717, 1.165) is 5.69 Å². The summed E-state index contributed by atoms with van der Waals surface area (Å²) in [5, 5.41) is 3.03. The fourth-order valence-corrected chi connectivity index (χ4v) is 0.605. The van der Waals surface area contributed by atoms with Gasteiger partial charge in [0.15, 0.2) is 0 Å². The van der Waals surface area contributed by atoms with Crippen molar-refractivity contribution in [2.75, 3.05) is 12.4 Å². The molecule has 0 heterocycles. The van der Waals surface area contributed by atoms with E-state index in [0.29, 0.717) is 0 Å². The largest absolute Gasteiger partial charge is 0.388 e. The standard InChI is InChI=1S/C7H9N.K/c1-8-7-5-3-2-4-6-7;/h2-6,8H,1H3;. The average molecular weight is 146 g/mol. The summed E-state index contributed by atoms with van der Waals surface area (Å²) in [4.78, 5) is 0. The van der Waals surface area contributed by atoms with Gasteiger partial charge in [-0.3, -0.25) is 0 Å². The minimum Gasteiger partial charge on any atom is -0.388 e. The first-order valence-electron chi connectivity index (χ1n) is 2.66. The van der Waals surface area contributed by atoms with Gasteiger partial charge in [0, 0.05) is 64.1 Å². The molecule has 0 atom stereocenters. The Hall–Kier alpha value is 0.656. The molecule has 1 aromatic rings. The van der Waals surface area contributed by atoms with Crippen molar-refractivity contribution in [1.82, 2.24) is 0 Å². The molecule has 9 heavy (non-hydrogen) atoms. The van der Waals surface area contributed by atoms with Crippen LogP contribution in [-0.4, -0.2) is 58.4 Å². The summed E-state index contributed by atoms with van der Waals surface area (Å²) in [6, 6.07) is 10.1. The number of hydrogen-bond donors (Lipinski definition) is 1. The molecule has 0 aliphatic carbocycles. The number of benzene rings is 1. The maximum Gasteiger partial charge on any atom is 0.0337 e. The second kappa shape index (κ2) is 5.44. The molecule has 0 spiro atoms. The van der Waals surface area contributed by atoms with Crippen LogP contribution < -0.4 is 5.32 Å². The first-order chi connectivity index (χ1) is 3.93. The number of rotatable bonds is 1. The van der Waals surface area contributed by atoms with Crippen LogP contribution in [0.1, 0.15) is 0 Å². The molecule has 1 aromatic carbocycles. The fraction of sp³-hybridized carbons (Fsp3) is 0.143. The van der Waals surface area contributed by atoms with E-state index in [9.17, 15) is 0 Å². The average Bonchev–Trinajstić information content (AvgIpc) is 1.90. The summed E-state index contributed by atoms with van der Waals surface area (Å²) in [7, 11) is 1.91. The van der Waals surface area contributed by atoms with E-state index >= 15 is 0 Å². The number of para-hydroxylation sites is 1. The van der Waals surface area contributed by atoms with Crippen molar-refractivity contribution in [3.63, 3.8) is 0 Å². The van der Waals surface area contributed by atoms with Gasteiger partial charge in [-0.1, -0.05) is 18.2 Å². The zero-order valence-electron chi connectivity index (χ0n) is 5.89. The molecule has 43 valence electrons. The molecule has 1 nitrogen and oxygen atoms in total. The van der Waals surface area contributed by atoms with Crippen molar-refractivity contribution in [2.24, 2.45) is 0 Å². The summed E-state index contributed by atoms with van der Waals surface area (Å²) in [6.45, 7) is 0. The summed E-state index contributed by atoms with van der Waals surface area (Å²) in [5.74, 6) is 0. The van der Waals surface area contributed by atoms with Crippen LogP contribution in [-0.2, 0) is 0 Å². The molecule has 1 N–H and O–H groups in total. The summed E-state index contributed by atoms with van der Waals surface area (Å²) in [5.41, 5.74) is 1.16. The Morgan fingerprint density at radius 3 is 2.00 bits per heavy atom. The van der Waals surface area contributed by atoms with Crippen LogP contribution in [0.3, 0.4) is 0 Å². The minimum atomic E-state index is 0. The van der Waals surface area contributed by atoms with Crippen LogP contribution in [0.5, 0.6) is 0 Å². The second-order valence-electron chi connectivity index (χ2n) is 1.62. The normalized spacial score (nSPS) is 7.67. The van der Waals surface area contributed by atoms with Gasteiger partial charge in [-0.2, -0.15) is 0 Å². The predicted octanol–water partition coefficient (Wildman–Crippen LogP) is 1.35. The van der Waals surface area contributed by atoms with E-state index in [1.54, 1.807) is 0 Å². The Morgan fingerprint density at radius 2 is 1.67 bits per heavy atom. The van der Waals surface area contributed by atoms with Crippen LogP contribution in [0.4, 0.5) is 5.69 Å². The SMILES string of the molecule is CNc1ccccc1.[K]. The van der Waals surface area contributed by atoms with Crippen molar-refractivity contribution >= 4 is 57.1 Å². The Labute approximate surface area is 98.3 Å². The Morgan fingerprint density at radius 1 is 1.11 bits per heavy atom. The van der Waals surface area contributed by atoms with E-state index < -0.39 is 0 Å². The monoisotopic (exact) mass is 146 g/mol. The van der Waals surface area contributed by atoms with Gasteiger partial charge < -0.3 is 5.32 Å². The maximum absolute atomic E-state index is 3.03.